The number of aliphatic hydroxyl groups is 1. The van der Waals surface area contributed by atoms with Crippen molar-refractivity contribution in [2.45, 2.75) is 52.2 Å². The van der Waals surface area contributed by atoms with Crippen LogP contribution in [0.3, 0.4) is 0 Å². The van der Waals surface area contributed by atoms with Crippen molar-refractivity contribution in [3.63, 3.8) is 0 Å². The third kappa shape index (κ3) is 7.26. The number of hydrogen-bond acceptors (Lipinski definition) is 8. The summed E-state index contributed by atoms with van der Waals surface area (Å²) in [7, 11) is 0. The third-order valence-corrected chi connectivity index (χ3v) is 8.15. The van der Waals surface area contributed by atoms with E-state index in [0.717, 1.165) is 54.0 Å². The molecule has 5 rings (SSSR count). The standard InChI is InChI=1S/C34H37ClN2O6/c1-33(2,3)32(39)43-22-42-31(38)23-8-13-30-28(20-23)26(27-6-4-16-36-29(27)21-41-30)7-5-17-37-18-14-34(40,15-19-37)24-9-11-25(35)12-10-24/h4,6-13,16,20,40H,5,14-15,17-19,21-22H2,1-3H3/b26-7+. The van der Waals surface area contributed by atoms with Gasteiger partial charge in [-0.2, -0.15) is 0 Å². The number of benzene rings is 2. The minimum Gasteiger partial charge on any atom is -0.487 e. The van der Waals surface area contributed by atoms with Crippen LogP contribution >= 0.6 is 11.6 Å². The molecule has 8 nitrogen and oxygen atoms in total. The summed E-state index contributed by atoms with van der Waals surface area (Å²) in [5.74, 6) is -0.403. The van der Waals surface area contributed by atoms with Gasteiger partial charge in [-0.25, -0.2) is 4.79 Å². The summed E-state index contributed by atoms with van der Waals surface area (Å²) in [6.07, 6.45) is 5.94. The summed E-state index contributed by atoms with van der Waals surface area (Å²) >= 11 is 6.04. The SMILES string of the molecule is CC(C)(C)C(=O)OCOC(=O)c1ccc2c(c1)/C(=C/CCN1CCC(O)(c3ccc(Cl)cc3)CC1)c1cccnc1CO2. The molecular formula is C34H37ClN2O6. The number of rotatable bonds is 7. The van der Waals surface area contributed by atoms with Gasteiger partial charge >= 0.3 is 11.9 Å². The van der Waals surface area contributed by atoms with Crippen molar-refractivity contribution in [3.8, 4) is 5.75 Å². The Morgan fingerprint density at radius 3 is 2.53 bits per heavy atom. The van der Waals surface area contributed by atoms with Crippen molar-refractivity contribution in [2.24, 2.45) is 5.41 Å². The molecule has 2 aliphatic heterocycles. The van der Waals surface area contributed by atoms with Crippen LogP contribution in [0.2, 0.25) is 5.02 Å². The fourth-order valence-electron chi connectivity index (χ4n) is 5.33. The number of halogens is 1. The van der Waals surface area contributed by atoms with Crippen LogP contribution in [0.4, 0.5) is 0 Å². The molecule has 0 saturated carbocycles. The van der Waals surface area contributed by atoms with Crippen molar-refractivity contribution >= 4 is 29.1 Å². The highest BCUT2D eigenvalue weighted by Crippen LogP contribution is 2.38. The zero-order chi connectivity index (χ0) is 30.6. The van der Waals surface area contributed by atoms with E-state index >= 15 is 0 Å². The zero-order valence-electron chi connectivity index (χ0n) is 24.8. The maximum Gasteiger partial charge on any atom is 0.341 e. The van der Waals surface area contributed by atoms with Crippen molar-refractivity contribution in [2.75, 3.05) is 26.4 Å². The molecule has 0 spiro atoms. The van der Waals surface area contributed by atoms with Gasteiger partial charge in [-0.3, -0.25) is 9.78 Å². The molecule has 1 saturated heterocycles. The number of esters is 2. The topological polar surface area (TPSA) is 98.2 Å². The van der Waals surface area contributed by atoms with Gasteiger partial charge in [0.15, 0.2) is 0 Å². The van der Waals surface area contributed by atoms with E-state index in [1.165, 1.54) is 0 Å². The monoisotopic (exact) mass is 604 g/mol. The molecule has 1 N–H and O–H groups in total. The molecule has 2 aromatic carbocycles. The molecule has 2 aliphatic rings. The predicted molar refractivity (Wildman–Crippen MR) is 164 cm³/mol. The largest absolute Gasteiger partial charge is 0.487 e. The van der Waals surface area contributed by atoms with Gasteiger partial charge in [-0.1, -0.05) is 35.9 Å². The summed E-state index contributed by atoms with van der Waals surface area (Å²) in [5.41, 5.74) is 3.14. The van der Waals surface area contributed by atoms with Crippen LogP contribution in [0.25, 0.3) is 5.57 Å². The lowest BCUT2D eigenvalue weighted by molar-refractivity contribution is -0.161. The second-order valence-electron chi connectivity index (χ2n) is 12.0. The summed E-state index contributed by atoms with van der Waals surface area (Å²) in [5, 5.41) is 11.9. The second kappa shape index (κ2) is 12.9. The number of carbonyl (C=O) groups is 2. The summed E-state index contributed by atoms with van der Waals surface area (Å²) in [6, 6.07) is 16.5. The second-order valence-corrected chi connectivity index (χ2v) is 12.5. The van der Waals surface area contributed by atoms with Gasteiger partial charge in [0.2, 0.25) is 6.79 Å². The lowest BCUT2D eigenvalue weighted by atomic mass is 9.84. The summed E-state index contributed by atoms with van der Waals surface area (Å²) in [4.78, 5) is 31.8. The Labute approximate surface area is 257 Å². The molecule has 0 aliphatic carbocycles. The van der Waals surface area contributed by atoms with Crippen LogP contribution in [0.1, 0.15) is 72.8 Å². The minimum atomic E-state index is -0.849. The molecule has 3 aromatic rings. The molecule has 0 unspecified atom stereocenters. The lowest BCUT2D eigenvalue weighted by Crippen LogP contribution is -2.42. The molecule has 1 fully saturated rings. The van der Waals surface area contributed by atoms with Crippen LogP contribution in [0.15, 0.2) is 66.9 Å². The van der Waals surface area contributed by atoms with Crippen molar-refractivity contribution in [1.82, 2.24) is 9.88 Å². The van der Waals surface area contributed by atoms with Gasteiger partial charge in [0.05, 0.1) is 22.3 Å². The number of carbonyl (C=O) groups excluding carboxylic acids is 2. The van der Waals surface area contributed by atoms with Crippen LogP contribution in [0.5, 0.6) is 5.75 Å². The number of pyridine rings is 1. The van der Waals surface area contributed by atoms with Crippen LogP contribution < -0.4 is 4.74 Å². The van der Waals surface area contributed by atoms with E-state index in [2.05, 4.69) is 16.0 Å². The third-order valence-electron chi connectivity index (χ3n) is 7.90. The number of piperidine rings is 1. The minimum absolute atomic E-state index is 0.308. The maximum atomic E-state index is 12.9. The molecule has 9 heteroatoms. The Kier molecular flexibility index (Phi) is 9.20. The highest BCUT2D eigenvalue weighted by molar-refractivity contribution is 6.30. The molecular weight excluding hydrogens is 568 g/mol. The Hall–Kier alpha value is -3.72. The first-order valence-corrected chi connectivity index (χ1v) is 14.9. The van der Waals surface area contributed by atoms with Gasteiger partial charge in [0, 0.05) is 42.0 Å². The van der Waals surface area contributed by atoms with Crippen molar-refractivity contribution < 1.29 is 28.9 Å². The van der Waals surface area contributed by atoms with Crippen molar-refractivity contribution in [3.05, 3.63) is 99.8 Å². The predicted octanol–water partition coefficient (Wildman–Crippen LogP) is 6.14. The highest BCUT2D eigenvalue weighted by Gasteiger charge is 2.33. The Balaban J connectivity index is 1.30. The first kappa shape index (κ1) is 30.7. The Morgan fingerprint density at radius 2 is 1.81 bits per heavy atom. The van der Waals surface area contributed by atoms with Gasteiger partial charge in [0.25, 0.3) is 0 Å². The van der Waals surface area contributed by atoms with Gasteiger partial charge in [-0.05, 0) is 87.6 Å². The smallest absolute Gasteiger partial charge is 0.341 e. The number of likely N-dealkylation sites (tertiary alicyclic amines) is 1. The number of aromatic nitrogens is 1. The van der Waals surface area contributed by atoms with Crippen LogP contribution in [-0.2, 0) is 26.5 Å². The number of fused-ring (bicyclic) bond motifs is 2. The highest BCUT2D eigenvalue weighted by atomic mass is 35.5. The fourth-order valence-corrected chi connectivity index (χ4v) is 5.45. The first-order chi connectivity index (χ1) is 20.5. The molecule has 226 valence electrons. The van der Waals surface area contributed by atoms with E-state index in [1.807, 2.05) is 36.4 Å². The quantitative estimate of drug-likeness (QED) is 0.254. The van der Waals surface area contributed by atoms with E-state index in [4.69, 9.17) is 25.8 Å². The van der Waals surface area contributed by atoms with Crippen molar-refractivity contribution in [1.29, 1.82) is 0 Å². The first-order valence-electron chi connectivity index (χ1n) is 14.5. The van der Waals surface area contributed by atoms with Gasteiger partial charge in [0.1, 0.15) is 12.4 Å². The lowest BCUT2D eigenvalue weighted by Gasteiger charge is -2.38. The van der Waals surface area contributed by atoms with Crippen LogP contribution in [0, 0.1) is 5.41 Å². The zero-order valence-corrected chi connectivity index (χ0v) is 25.5. The normalized spacial score (nSPS) is 17.3. The molecule has 0 radical (unpaired) electrons. The van der Waals surface area contributed by atoms with E-state index in [-0.39, 0.29) is 0 Å². The van der Waals surface area contributed by atoms with Gasteiger partial charge in [-0.15, -0.1) is 0 Å². The molecule has 0 atom stereocenters. The molecule has 0 bridgehead atoms. The number of hydrogen-bond donors (Lipinski definition) is 1. The van der Waals surface area contributed by atoms with E-state index in [1.54, 1.807) is 45.2 Å². The number of ether oxygens (including phenoxy) is 3. The summed E-state index contributed by atoms with van der Waals surface area (Å²) in [6.45, 7) is 7.41. The van der Waals surface area contributed by atoms with Gasteiger partial charge < -0.3 is 24.2 Å². The van der Waals surface area contributed by atoms with E-state index in [9.17, 15) is 14.7 Å². The molecule has 3 heterocycles. The average Bonchev–Trinajstić information content (AvgIpc) is 3.14. The Bertz CT molecular complexity index is 1500. The fraction of sp³-hybridized carbons (Fsp3) is 0.382. The molecule has 0 amide bonds. The maximum absolute atomic E-state index is 12.9. The van der Waals surface area contributed by atoms with Crippen LogP contribution in [-0.4, -0.2) is 53.4 Å². The summed E-state index contributed by atoms with van der Waals surface area (Å²) < 4.78 is 16.4. The average molecular weight is 605 g/mol. The Morgan fingerprint density at radius 1 is 1.07 bits per heavy atom. The number of nitrogens with zero attached hydrogens (tertiary/aromatic N) is 2. The molecule has 1 aromatic heterocycles. The van der Waals surface area contributed by atoms with E-state index in [0.29, 0.717) is 35.8 Å². The molecule has 43 heavy (non-hydrogen) atoms. The van der Waals surface area contributed by atoms with E-state index < -0.39 is 29.7 Å².